The third-order valence-electron chi connectivity index (χ3n) is 9.41. The largest absolute Gasteiger partial charge is 0.457 e. The molecule has 8 heteroatoms. The Morgan fingerprint density at radius 1 is 0.577 bits per heavy atom. The molecule has 52 heavy (non-hydrogen) atoms. The maximum Gasteiger partial charge on any atom is 0.340 e. The number of aryl methyl sites for hydroxylation is 2. The first-order chi connectivity index (χ1) is 24.9. The van der Waals surface area contributed by atoms with Crippen LogP contribution in [0.1, 0.15) is 111 Å². The van der Waals surface area contributed by atoms with E-state index in [1.807, 2.05) is 68.5 Å². The molecule has 0 aliphatic carbocycles. The number of nitriles is 4. The third-order valence-corrected chi connectivity index (χ3v) is 9.41. The van der Waals surface area contributed by atoms with Crippen LogP contribution in [0, 0.1) is 59.2 Å². The first-order valence-corrected chi connectivity index (χ1v) is 16.8. The average Bonchev–Trinajstić information content (AvgIpc) is 3.43. The normalized spacial score (nSPS) is 12.7. The van der Waals surface area contributed by atoms with E-state index in [-0.39, 0.29) is 34.1 Å². The SMILES string of the molecule is Cc1cc(Oc2ccc(C#N)c(C#N)c2)c(C(C)C)cc1C1(c2cc(C(C)C)c(Oc3ccc(C#N)c(C#N)c3)cc2C)OC(=O)c2ccccc21. The van der Waals surface area contributed by atoms with E-state index in [4.69, 9.17) is 14.2 Å². The summed E-state index contributed by atoms with van der Waals surface area (Å²) < 4.78 is 19.4. The smallest absolute Gasteiger partial charge is 0.340 e. The molecule has 254 valence electrons. The lowest BCUT2D eigenvalue weighted by atomic mass is 9.74. The summed E-state index contributed by atoms with van der Waals surface area (Å²) in [4.78, 5) is 13.8. The summed E-state index contributed by atoms with van der Waals surface area (Å²) in [6.07, 6.45) is 0. The molecule has 5 aromatic rings. The molecule has 1 aliphatic rings. The van der Waals surface area contributed by atoms with Crippen LogP contribution >= 0.6 is 0 Å². The molecule has 0 aromatic heterocycles. The quantitative estimate of drug-likeness (QED) is 0.147. The number of fused-ring (bicyclic) bond motifs is 1. The van der Waals surface area contributed by atoms with E-state index in [1.54, 1.807) is 42.5 Å². The summed E-state index contributed by atoms with van der Waals surface area (Å²) in [5, 5.41) is 38.0. The number of hydrogen-bond donors (Lipinski definition) is 0. The van der Waals surface area contributed by atoms with Crippen molar-refractivity contribution in [3.63, 3.8) is 0 Å². The maximum absolute atomic E-state index is 13.8. The molecule has 8 nitrogen and oxygen atoms in total. The Morgan fingerprint density at radius 2 is 1.02 bits per heavy atom. The third kappa shape index (κ3) is 5.98. The molecule has 0 saturated heterocycles. The van der Waals surface area contributed by atoms with Crippen LogP contribution in [0.25, 0.3) is 0 Å². The molecule has 0 saturated carbocycles. The fraction of sp³-hybridized carbons (Fsp3) is 0.205. The molecule has 5 aromatic carbocycles. The van der Waals surface area contributed by atoms with E-state index in [0.717, 1.165) is 38.9 Å². The minimum Gasteiger partial charge on any atom is -0.457 e. The average molecular weight is 683 g/mol. The van der Waals surface area contributed by atoms with Gasteiger partial charge < -0.3 is 14.2 Å². The van der Waals surface area contributed by atoms with Crippen LogP contribution < -0.4 is 9.47 Å². The van der Waals surface area contributed by atoms with Gasteiger partial charge in [0.05, 0.1) is 27.8 Å². The first kappa shape index (κ1) is 35.0. The number of nitrogens with zero attached hydrogens (tertiary/aromatic N) is 4. The lowest BCUT2D eigenvalue weighted by molar-refractivity contribution is 0.0247. The summed E-state index contributed by atoms with van der Waals surface area (Å²) in [5.74, 6) is 1.56. The highest BCUT2D eigenvalue weighted by Gasteiger charge is 2.50. The minimum absolute atomic E-state index is 0.0126. The molecule has 1 heterocycles. The molecule has 0 atom stereocenters. The van der Waals surface area contributed by atoms with Crippen molar-refractivity contribution in [2.24, 2.45) is 0 Å². The standard InChI is InChI=1S/C44H34N4O4/c1-25(2)36-19-39(27(5)15-41(36)50-33-13-11-29(21-45)31(17-33)23-47)44(38-10-8-7-9-35(38)43(49)52-44)40-20-37(26(3)4)42(16-28(40)6)51-34-14-12-30(22-46)32(18-34)24-48/h7-20,25-26H,1-6H3. The molecular formula is C44H34N4O4. The molecule has 0 radical (unpaired) electrons. The van der Waals surface area contributed by atoms with Crippen molar-refractivity contribution in [1.82, 2.24) is 0 Å². The van der Waals surface area contributed by atoms with Gasteiger partial charge in [0.2, 0.25) is 0 Å². The molecule has 0 fully saturated rings. The number of esters is 1. The Labute approximate surface area is 303 Å². The maximum atomic E-state index is 13.8. The van der Waals surface area contributed by atoms with Crippen molar-refractivity contribution in [3.8, 4) is 47.3 Å². The van der Waals surface area contributed by atoms with Gasteiger partial charge in [-0.25, -0.2) is 4.79 Å². The number of rotatable bonds is 8. The van der Waals surface area contributed by atoms with Gasteiger partial charge in [0.25, 0.3) is 0 Å². The van der Waals surface area contributed by atoms with Gasteiger partial charge in [-0.15, -0.1) is 0 Å². The lowest BCUT2D eigenvalue weighted by Crippen LogP contribution is -2.32. The summed E-state index contributed by atoms with van der Waals surface area (Å²) in [5.41, 5.74) is 5.75. The molecule has 0 unspecified atom stereocenters. The molecule has 0 amide bonds. The van der Waals surface area contributed by atoms with Crippen LogP contribution in [0.5, 0.6) is 23.0 Å². The number of hydrogen-bond acceptors (Lipinski definition) is 8. The van der Waals surface area contributed by atoms with Crippen LogP contribution in [0.15, 0.2) is 84.9 Å². The minimum atomic E-state index is -1.32. The van der Waals surface area contributed by atoms with E-state index >= 15 is 0 Å². The van der Waals surface area contributed by atoms with E-state index in [1.165, 1.54) is 0 Å². The number of carbonyl (C=O) groups is 1. The van der Waals surface area contributed by atoms with Gasteiger partial charge in [-0.2, -0.15) is 21.0 Å². The molecule has 6 rings (SSSR count). The van der Waals surface area contributed by atoms with Gasteiger partial charge in [0.15, 0.2) is 5.60 Å². The van der Waals surface area contributed by atoms with Gasteiger partial charge in [0, 0.05) is 16.7 Å². The van der Waals surface area contributed by atoms with E-state index in [2.05, 4.69) is 39.8 Å². The van der Waals surface area contributed by atoms with Gasteiger partial charge in [-0.1, -0.05) is 45.9 Å². The predicted octanol–water partition coefficient (Wildman–Crippen LogP) is 10.1. The van der Waals surface area contributed by atoms with Crippen molar-refractivity contribution in [1.29, 1.82) is 21.0 Å². The predicted molar refractivity (Wildman–Crippen MR) is 194 cm³/mol. The summed E-state index contributed by atoms with van der Waals surface area (Å²) >= 11 is 0. The zero-order valence-electron chi connectivity index (χ0n) is 29.7. The summed E-state index contributed by atoms with van der Waals surface area (Å²) in [6, 6.07) is 33.2. The Kier molecular flexibility index (Phi) is 9.28. The highest BCUT2D eigenvalue weighted by Crippen LogP contribution is 2.52. The van der Waals surface area contributed by atoms with E-state index in [9.17, 15) is 25.8 Å². The van der Waals surface area contributed by atoms with Gasteiger partial charge in [0.1, 0.15) is 47.3 Å². The number of benzene rings is 5. The molecule has 0 spiro atoms. The lowest BCUT2D eigenvalue weighted by Gasteiger charge is -2.35. The Bertz CT molecular complexity index is 2310. The van der Waals surface area contributed by atoms with Crippen molar-refractivity contribution < 1.29 is 19.0 Å². The van der Waals surface area contributed by atoms with Crippen molar-refractivity contribution in [3.05, 3.63) is 152 Å². The highest BCUT2D eigenvalue weighted by atomic mass is 16.6. The van der Waals surface area contributed by atoms with Crippen molar-refractivity contribution in [2.45, 2.75) is 59.0 Å². The second-order valence-corrected chi connectivity index (χ2v) is 13.4. The molecule has 0 N–H and O–H groups in total. The molecular weight excluding hydrogens is 649 g/mol. The van der Waals surface area contributed by atoms with Gasteiger partial charge >= 0.3 is 5.97 Å². The topological polar surface area (TPSA) is 140 Å². The fourth-order valence-electron chi connectivity index (χ4n) is 6.80. The Morgan fingerprint density at radius 3 is 1.44 bits per heavy atom. The fourth-order valence-corrected chi connectivity index (χ4v) is 6.80. The van der Waals surface area contributed by atoms with E-state index < -0.39 is 11.6 Å². The van der Waals surface area contributed by atoms with E-state index in [0.29, 0.717) is 28.6 Å². The Balaban J connectivity index is 1.56. The molecule has 0 bridgehead atoms. The van der Waals surface area contributed by atoms with Crippen LogP contribution in [0.4, 0.5) is 0 Å². The van der Waals surface area contributed by atoms with Gasteiger partial charge in [-0.05, 0) is 115 Å². The number of cyclic esters (lactones) is 1. The highest BCUT2D eigenvalue weighted by molar-refractivity contribution is 5.96. The van der Waals surface area contributed by atoms with Gasteiger partial charge in [-0.3, -0.25) is 0 Å². The molecule has 1 aliphatic heterocycles. The van der Waals surface area contributed by atoms with Crippen molar-refractivity contribution in [2.75, 3.05) is 0 Å². The zero-order chi connectivity index (χ0) is 37.3. The monoisotopic (exact) mass is 682 g/mol. The van der Waals surface area contributed by atoms with Crippen LogP contribution in [-0.4, -0.2) is 5.97 Å². The second kappa shape index (κ2) is 13.8. The second-order valence-electron chi connectivity index (χ2n) is 13.4. The number of ether oxygens (including phenoxy) is 3. The first-order valence-electron chi connectivity index (χ1n) is 16.8. The Hall–Kier alpha value is -6.87. The number of carbonyl (C=O) groups excluding carboxylic acids is 1. The summed E-state index contributed by atoms with van der Waals surface area (Å²) in [6.45, 7) is 12.1. The summed E-state index contributed by atoms with van der Waals surface area (Å²) in [7, 11) is 0. The van der Waals surface area contributed by atoms with Crippen molar-refractivity contribution >= 4 is 5.97 Å². The van der Waals surface area contributed by atoms with Crippen LogP contribution in [0.3, 0.4) is 0 Å². The van der Waals surface area contributed by atoms with Crippen LogP contribution in [-0.2, 0) is 10.3 Å². The van der Waals surface area contributed by atoms with Crippen LogP contribution in [0.2, 0.25) is 0 Å². The zero-order valence-corrected chi connectivity index (χ0v) is 29.7.